The molecule has 0 spiro atoms. The van der Waals surface area contributed by atoms with Crippen LogP contribution in [0.3, 0.4) is 0 Å². The highest BCUT2D eigenvalue weighted by atomic mass is 16.5. The SMILES string of the molecule is COc1ccc(-c2cc2=O)c(-c2ccccc2)c1. The van der Waals surface area contributed by atoms with Gasteiger partial charge in [-0.1, -0.05) is 30.3 Å². The highest BCUT2D eigenvalue weighted by Gasteiger charge is 2.16. The summed E-state index contributed by atoms with van der Waals surface area (Å²) in [5, 5.41) is 0. The predicted molar refractivity (Wildman–Crippen MR) is 72.5 cm³/mol. The standard InChI is InChI=1S/C16H12O2/c1-18-12-7-8-13(15-10-16(15)17)14(9-12)11-5-3-2-4-6-11/h2-10H,1H3. The maximum absolute atomic E-state index is 11.3. The second-order valence-electron chi connectivity index (χ2n) is 4.20. The Morgan fingerprint density at radius 2 is 1.56 bits per heavy atom. The summed E-state index contributed by atoms with van der Waals surface area (Å²) in [6.07, 6.45) is 0. The van der Waals surface area contributed by atoms with Crippen molar-refractivity contribution in [1.82, 2.24) is 0 Å². The van der Waals surface area contributed by atoms with Crippen LogP contribution in [0.1, 0.15) is 0 Å². The summed E-state index contributed by atoms with van der Waals surface area (Å²) in [6, 6.07) is 17.5. The summed E-state index contributed by atoms with van der Waals surface area (Å²) >= 11 is 0. The quantitative estimate of drug-likeness (QED) is 0.697. The fourth-order valence-electron chi connectivity index (χ4n) is 2.05. The van der Waals surface area contributed by atoms with Crippen LogP contribution in [0.4, 0.5) is 0 Å². The molecule has 3 aromatic rings. The maximum Gasteiger partial charge on any atom is 0.187 e. The number of ether oxygens (including phenoxy) is 1. The molecular weight excluding hydrogens is 224 g/mol. The Hall–Kier alpha value is -2.35. The van der Waals surface area contributed by atoms with Crippen molar-refractivity contribution in [3.05, 3.63) is 64.8 Å². The van der Waals surface area contributed by atoms with E-state index in [2.05, 4.69) is 0 Å². The molecule has 0 bridgehead atoms. The first kappa shape index (κ1) is 10.8. The molecule has 0 N–H and O–H groups in total. The van der Waals surface area contributed by atoms with E-state index in [0.29, 0.717) is 0 Å². The molecule has 2 heteroatoms. The topological polar surface area (TPSA) is 26.3 Å². The largest absolute Gasteiger partial charge is 0.497 e. The summed E-state index contributed by atoms with van der Waals surface area (Å²) in [7, 11) is 1.64. The number of hydrogen-bond donors (Lipinski definition) is 0. The van der Waals surface area contributed by atoms with Gasteiger partial charge in [0, 0.05) is 5.56 Å². The maximum atomic E-state index is 11.3. The van der Waals surface area contributed by atoms with Gasteiger partial charge in [-0.25, -0.2) is 0 Å². The van der Waals surface area contributed by atoms with Crippen molar-refractivity contribution in [3.63, 3.8) is 0 Å². The van der Waals surface area contributed by atoms with E-state index in [-0.39, 0.29) is 5.43 Å². The second-order valence-corrected chi connectivity index (χ2v) is 4.20. The molecule has 2 nitrogen and oxygen atoms in total. The lowest BCUT2D eigenvalue weighted by Crippen LogP contribution is -1.88. The van der Waals surface area contributed by atoms with Crippen LogP contribution in [0.2, 0.25) is 0 Å². The van der Waals surface area contributed by atoms with E-state index in [1.165, 1.54) is 0 Å². The number of benzene rings is 2. The first-order valence-electron chi connectivity index (χ1n) is 5.79. The zero-order valence-electron chi connectivity index (χ0n) is 10.0. The Morgan fingerprint density at radius 3 is 2.17 bits per heavy atom. The van der Waals surface area contributed by atoms with Crippen molar-refractivity contribution < 1.29 is 4.74 Å². The molecule has 0 aliphatic heterocycles. The van der Waals surface area contributed by atoms with E-state index in [9.17, 15) is 4.79 Å². The molecule has 0 aliphatic carbocycles. The fraction of sp³-hybridized carbons (Fsp3) is 0.0625. The van der Waals surface area contributed by atoms with Crippen molar-refractivity contribution in [2.45, 2.75) is 0 Å². The number of hydrogen-bond acceptors (Lipinski definition) is 2. The van der Waals surface area contributed by atoms with Crippen LogP contribution in [0.25, 0.3) is 22.3 Å². The average Bonchev–Trinajstić information content (AvgIpc) is 3.16. The van der Waals surface area contributed by atoms with Gasteiger partial charge in [-0.2, -0.15) is 0 Å². The van der Waals surface area contributed by atoms with E-state index in [4.69, 9.17) is 4.74 Å². The van der Waals surface area contributed by atoms with Crippen LogP contribution in [0, 0.1) is 0 Å². The Labute approximate surface area is 105 Å². The van der Waals surface area contributed by atoms with Gasteiger partial charge < -0.3 is 4.74 Å². The Bertz CT molecular complexity index is 689. The second kappa shape index (κ2) is 4.15. The molecule has 18 heavy (non-hydrogen) atoms. The molecule has 0 fully saturated rings. The van der Waals surface area contributed by atoms with E-state index < -0.39 is 0 Å². The van der Waals surface area contributed by atoms with Crippen LogP contribution in [0.15, 0.2) is 59.4 Å². The van der Waals surface area contributed by atoms with Gasteiger partial charge in [-0.15, -0.1) is 0 Å². The van der Waals surface area contributed by atoms with Crippen LogP contribution >= 0.6 is 0 Å². The molecule has 0 unspecified atom stereocenters. The molecule has 3 rings (SSSR count). The molecule has 0 aromatic heterocycles. The molecule has 0 aliphatic rings. The first-order valence-corrected chi connectivity index (χ1v) is 5.79. The highest BCUT2D eigenvalue weighted by Crippen LogP contribution is 2.34. The zero-order valence-corrected chi connectivity index (χ0v) is 10.0. The summed E-state index contributed by atoms with van der Waals surface area (Å²) in [6.45, 7) is 0. The third kappa shape index (κ3) is 1.82. The van der Waals surface area contributed by atoms with Crippen molar-refractivity contribution in [1.29, 1.82) is 0 Å². The minimum Gasteiger partial charge on any atom is -0.497 e. The predicted octanol–water partition coefficient (Wildman–Crippen LogP) is 3.27. The molecule has 88 valence electrons. The fourth-order valence-corrected chi connectivity index (χ4v) is 2.05. The summed E-state index contributed by atoms with van der Waals surface area (Å²) in [4.78, 5) is 11.3. The Balaban J connectivity index is 2.19. The highest BCUT2D eigenvalue weighted by molar-refractivity contribution is 5.86. The lowest BCUT2D eigenvalue weighted by atomic mass is 9.98. The number of rotatable bonds is 3. The molecule has 0 saturated carbocycles. The monoisotopic (exact) mass is 236 g/mol. The van der Waals surface area contributed by atoms with Crippen LogP contribution < -0.4 is 10.2 Å². The minimum atomic E-state index is 0.123. The molecule has 0 amide bonds. The molecule has 3 aromatic carbocycles. The van der Waals surface area contributed by atoms with Crippen molar-refractivity contribution in [2.75, 3.05) is 7.11 Å². The van der Waals surface area contributed by atoms with Crippen LogP contribution in [-0.4, -0.2) is 7.11 Å². The normalized spacial score (nSPS) is 10.7. The zero-order chi connectivity index (χ0) is 12.5. The minimum absolute atomic E-state index is 0.123. The van der Waals surface area contributed by atoms with Crippen LogP contribution in [-0.2, 0) is 0 Å². The third-order valence-electron chi connectivity index (χ3n) is 3.06. The smallest absolute Gasteiger partial charge is 0.187 e. The van der Waals surface area contributed by atoms with Gasteiger partial charge in [0.25, 0.3) is 0 Å². The van der Waals surface area contributed by atoms with E-state index in [1.807, 2.05) is 48.5 Å². The van der Waals surface area contributed by atoms with Gasteiger partial charge in [0.15, 0.2) is 5.43 Å². The summed E-state index contributed by atoms with van der Waals surface area (Å²) < 4.78 is 5.25. The van der Waals surface area contributed by atoms with Gasteiger partial charge in [-0.3, -0.25) is 4.79 Å². The molecular formula is C16H12O2. The average molecular weight is 236 g/mol. The van der Waals surface area contributed by atoms with E-state index >= 15 is 0 Å². The lowest BCUT2D eigenvalue weighted by Gasteiger charge is -2.09. The van der Waals surface area contributed by atoms with Crippen molar-refractivity contribution in [2.24, 2.45) is 0 Å². The van der Waals surface area contributed by atoms with E-state index in [0.717, 1.165) is 28.0 Å². The Morgan fingerprint density at radius 1 is 0.833 bits per heavy atom. The van der Waals surface area contributed by atoms with E-state index in [1.54, 1.807) is 13.2 Å². The molecule has 0 atom stereocenters. The van der Waals surface area contributed by atoms with Crippen molar-refractivity contribution in [3.8, 4) is 28.0 Å². The van der Waals surface area contributed by atoms with Crippen molar-refractivity contribution >= 4 is 0 Å². The van der Waals surface area contributed by atoms with Gasteiger partial charge in [-0.05, 0) is 41.0 Å². The molecule has 0 radical (unpaired) electrons. The summed E-state index contributed by atoms with van der Waals surface area (Å²) in [5.74, 6) is 0.798. The molecule has 0 saturated heterocycles. The number of methoxy groups -OCH3 is 1. The van der Waals surface area contributed by atoms with Gasteiger partial charge in [0.1, 0.15) is 5.75 Å². The Kier molecular flexibility index (Phi) is 2.49. The van der Waals surface area contributed by atoms with Gasteiger partial charge in [0.2, 0.25) is 0 Å². The third-order valence-corrected chi connectivity index (χ3v) is 3.06. The molecule has 0 heterocycles. The van der Waals surface area contributed by atoms with Gasteiger partial charge in [0.05, 0.1) is 7.11 Å². The lowest BCUT2D eigenvalue weighted by molar-refractivity contribution is 0.415. The van der Waals surface area contributed by atoms with Gasteiger partial charge >= 0.3 is 0 Å². The first-order chi connectivity index (χ1) is 8.79. The summed E-state index contributed by atoms with van der Waals surface area (Å²) in [5.41, 5.74) is 4.03. The van der Waals surface area contributed by atoms with Crippen LogP contribution in [0.5, 0.6) is 5.75 Å².